The molecule has 1 heterocycles. The number of aryl methyl sites for hydroxylation is 2. The van der Waals surface area contributed by atoms with Crippen LogP contribution >= 0.6 is 24.0 Å². The number of aliphatic imine (C=N–C) groups is 1. The summed E-state index contributed by atoms with van der Waals surface area (Å²) in [5.74, 6) is 3.34. The van der Waals surface area contributed by atoms with E-state index in [0.717, 1.165) is 72.4 Å². The third kappa shape index (κ3) is 7.29. The molecule has 0 spiro atoms. The monoisotopic (exact) mass is 542 g/mol. The molecule has 1 aliphatic rings. The van der Waals surface area contributed by atoms with Gasteiger partial charge in [0.05, 0.1) is 25.5 Å². The van der Waals surface area contributed by atoms with Crippen LogP contribution in [0.2, 0.25) is 0 Å². The van der Waals surface area contributed by atoms with Crippen molar-refractivity contribution in [2.45, 2.75) is 65.5 Å². The van der Waals surface area contributed by atoms with Gasteiger partial charge in [-0.2, -0.15) is 0 Å². The summed E-state index contributed by atoms with van der Waals surface area (Å²) in [7, 11) is 1.68. The van der Waals surface area contributed by atoms with Gasteiger partial charge < -0.3 is 24.6 Å². The third-order valence-corrected chi connectivity index (χ3v) is 5.47. The molecule has 8 heteroatoms. The first kappa shape index (κ1) is 25.3. The average molecular weight is 542 g/mol. The highest BCUT2D eigenvalue weighted by Crippen LogP contribution is 2.30. The van der Waals surface area contributed by atoms with E-state index in [4.69, 9.17) is 19.0 Å². The molecule has 2 N–H and O–H groups in total. The summed E-state index contributed by atoms with van der Waals surface area (Å²) in [4.78, 5) is 4.77. The van der Waals surface area contributed by atoms with Crippen molar-refractivity contribution in [2.24, 2.45) is 4.99 Å². The number of hydrogen-bond donors (Lipinski definition) is 2. The molecule has 0 aliphatic heterocycles. The van der Waals surface area contributed by atoms with Crippen LogP contribution < -0.4 is 20.1 Å². The summed E-state index contributed by atoms with van der Waals surface area (Å²) in [6.07, 6.45) is 5.84. The van der Waals surface area contributed by atoms with Crippen LogP contribution in [0.3, 0.4) is 0 Å². The van der Waals surface area contributed by atoms with Crippen molar-refractivity contribution < 1.29 is 14.0 Å². The van der Waals surface area contributed by atoms with Crippen molar-refractivity contribution in [2.75, 3.05) is 20.2 Å². The van der Waals surface area contributed by atoms with Crippen LogP contribution in [0.4, 0.5) is 0 Å². The first-order valence-corrected chi connectivity index (χ1v) is 10.9. The second-order valence-corrected chi connectivity index (χ2v) is 7.67. The number of aromatic nitrogens is 1. The van der Waals surface area contributed by atoms with Gasteiger partial charge in [-0.05, 0) is 65.0 Å². The molecule has 1 aliphatic carbocycles. The van der Waals surface area contributed by atoms with Crippen LogP contribution in [0.15, 0.2) is 27.7 Å². The molecule has 2 aromatic rings. The fourth-order valence-electron chi connectivity index (χ4n) is 3.76. The Morgan fingerprint density at radius 3 is 2.65 bits per heavy atom. The molecular formula is C23H35IN4O3. The average Bonchev–Trinajstić information content (AvgIpc) is 3.37. The van der Waals surface area contributed by atoms with Crippen molar-refractivity contribution in [1.29, 1.82) is 0 Å². The SMILES string of the molecule is CCNC(=NCc1ccc(OC)cc1OC1CCCC1)NCCc1c(C)noc1C.I. The van der Waals surface area contributed by atoms with E-state index in [2.05, 4.69) is 22.7 Å². The second kappa shape index (κ2) is 12.8. The van der Waals surface area contributed by atoms with Gasteiger partial charge in [-0.15, -0.1) is 24.0 Å². The quantitative estimate of drug-likeness (QED) is 0.275. The van der Waals surface area contributed by atoms with Gasteiger partial charge in [-0.1, -0.05) is 5.16 Å². The van der Waals surface area contributed by atoms with E-state index in [1.165, 1.54) is 12.8 Å². The topological polar surface area (TPSA) is 80.9 Å². The third-order valence-electron chi connectivity index (χ3n) is 5.47. The van der Waals surface area contributed by atoms with Crippen LogP contribution in [0.1, 0.15) is 55.2 Å². The van der Waals surface area contributed by atoms with Crippen LogP contribution in [-0.2, 0) is 13.0 Å². The van der Waals surface area contributed by atoms with E-state index in [1.807, 2.05) is 32.0 Å². The minimum Gasteiger partial charge on any atom is -0.497 e. The standard InChI is InChI=1S/C23H34N4O3.HI/c1-5-24-23(25-13-12-21-16(2)27-30-17(21)3)26-15-18-10-11-20(28-4)14-22(18)29-19-8-6-7-9-19;/h10-11,14,19H,5-9,12-13,15H2,1-4H3,(H2,24,25,26);1H. The molecule has 3 rings (SSSR count). The molecule has 1 fully saturated rings. The van der Waals surface area contributed by atoms with Gasteiger partial charge in [-0.25, -0.2) is 4.99 Å². The Bertz CT molecular complexity index is 828. The maximum Gasteiger partial charge on any atom is 0.191 e. The molecule has 1 saturated carbocycles. The lowest BCUT2D eigenvalue weighted by atomic mass is 10.1. The van der Waals surface area contributed by atoms with Gasteiger partial charge in [0.15, 0.2) is 5.96 Å². The smallest absolute Gasteiger partial charge is 0.191 e. The molecule has 0 atom stereocenters. The lowest BCUT2D eigenvalue weighted by molar-refractivity contribution is 0.207. The Balaban J connectivity index is 0.00000341. The highest BCUT2D eigenvalue weighted by atomic mass is 127. The first-order chi connectivity index (χ1) is 14.6. The molecular weight excluding hydrogens is 507 g/mol. The first-order valence-electron chi connectivity index (χ1n) is 10.9. The number of hydrogen-bond acceptors (Lipinski definition) is 5. The van der Waals surface area contributed by atoms with E-state index in [9.17, 15) is 0 Å². The van der Waals surface area contributed by atoms with Gasteiger partial charge in [0.25, 0.3) is 0 Å². The molecule has 1 aromatic heterocycles. The highest BCUT2D eigenvalue weighted by molar-refractivity contribution is 14.0. The summed E-state index contributed by atoms with van der Waals surface area (Å²) in [6, 6.07) is 5.98. The van der Waals surface area contributed by atoms with Crippen LogP contribution in [-0.4, -0.2) is 37.4 Å². The summed E-state index contributed by atoms with van der Waals surface area (Å²) >= 11 is 0. The van der Waals surface area contributed by atoms with Gasteiger partial charge in [0, 0.05) is 30.3 Å². The highest BCUT2D eigenvalue weighted by Gasteiger charge is 2.18. The maximum atomic E-state index is 6.29. The number of rotatable bonds is 9. The van der Waals surface area contributed by atoms with Gasteiger partial charge >= 0.3 is 0 Å². The predicted octanol–water partition coefficient (Wildman–Crippen LogP) is 4.54. The maximum absolute atomic E-state index is 6.29. The number of ether oxygens (including phenoxy) is 2. The van der Waals surface area contributed by atoms with Crippen molar-refractivity contribution >= 4 is 29.9 Å². The Morgan fingerprint density at radius 2 is 2.00 bits per heavy atom. The van der Waals surface area contributed by atoms with E-state index in [1.54, 1.807) is 7.11 Å². The molecule has 172 valence electrons. The van der Waals surface area contributed by atoms with Crippen LogP contribution in [0, 0.1) is 13.8 Å². The number of halogens is 1. The Morgan fingerprint density at radius 1 is 1.23 bits per heavy atom. The Kier molecular flexibility index (Phi) is 10.4. The van der Waals surface area contributed by atoms with Crippen molar-refractivity contribution in [1.82, 2.24) is 15.8 Å². The zero-order chi connectivity index (χ0) is 21.3. The minimum absolute atomic E-state index is 0. The number of nitrogens with zero attached hydrogens (tertiary/aromatic N) is 2. The van der Waals surface area contributed by atoms with E-state index in [0.29, 0.717) is 12.6 Å². The van der Waals surface area contributed by atoms with Gasteiger partial charge in [-0.3, -0.25) is 0 Å². The van der Waals surface area contributed by atoms with Crippen molar-refractivity contribution in [3.8, 4) is 11.5 Å². The molecule has 0 unspecified atom stereocenters. The van der Waals surface area contributed by atoms with Gasteiger partial charge in [0.2, 0.25) is 0 Å². The summed E-state index contributed by atoms with van der Waals surface area (Å²) in [6.45, 7) is 8.07. The van der Waals surface area contributed by atoms with Crippen LogP contribution in [0.5, 0.6) is 11.5 Å². The molecule has 7 nitrogen and oxygen atoms in total. The predicted molar refractivity (Wildman–Crippen MR) is 134 cm³/mol. The molecule has 31 heavy (non-hydrogen) atoms. The molecule has 0 amide bonds. The Hall–Kier alpha value is -1.97. The normalized spacial score (nSPS) is 14.3. The summed E-state index contributed by atoms with van der Waals surface area (Å²) < 4.78 is 16.9. The van der Waals surface area contributed by atoms with E-state index < -0.39 is 0 Å². The Labute approximate surface area is 202 Å². The zero-order valence-electron chi connectivity index (χ0n) is 19.0. The van der Waals surface area contributed by atoms with E-state index in [-0.39, 0.29) is 24.0 Å². The molecule has 0 bridgehead atoms. The largest absolute Gasteiger partial charge is 0.497 e. The molecule has 0 radical (unpaired) electrons. The minimum atomic E-state index is 0. The van der Waals surface area contributed by atoms with Crippen LogP contribution in [0.25, 0.3) is 0 Å². The number of benzene rings is 1. The van der Waals surface area contributed by atoms with E-state index >= 15 is 0 Å². The van der Waals surface area contributed by atoms with Gasteiger partial charge in [0.1, 0.15) is 17.3 Å². The number of guanidine groups is 1. The second-order valence-electron chi connectivity index (χ2n) is 7.67. The lowest BCUT2D eigenvalue weighted by Gasteiger charge is -2.17. The summed E-state index contributed by atoms with van der Waals surface area (Å²) in [5, 5.41) is 10.7. The molecule has 0 saturated heterocycles. The van der Waals surface area contributed by atoms with Crippen molar-refractivity contribution in [3.63, 3.8) is 0 Å². The zero-order valence-corrected chi connectivity index (χ0v) is 21.3. The number of methoxy groups -OCH3 is 1. The fraction of sp³-hybridized carbons (Fsp3) is 0.565. The van der Waals surface area contributed by atoms with Crippen molar-refractivity contribution in [3.05, 3.63) is 40.8 Å². The lowest BCUT2D eigenvalue weighted by Crippen LogP contribution is -2.38. The molecule has 1 aromatic carbocycles. The summed E-state index contributed by atoms with van der Waals surface area (Å²) in [5.41, 5.74) is 3.16. The fourth-order valence-corrected chi connectivity index (χ4v) is 3.76. The number of nitrogens with one attached hydrogen (secondary N) is 2.